The van der Waals surface area contributed by atoms with Crippen LogP contribution in [0.4, 0.5) is 0 Å². The first-order valence-corrected chi connectivity index (χ1v) is 8.95. The molecule has 112 valence electrons. The molecule has 0 aliphatic heterocycles. The molecule has 0 radical (unpaired) electrons. The summed E-state index contributed by atoms with van der Waals surface area (Å²) in [6.45, 7) is 2.24. The molecule has 1 heterocycles. The lowest BCUT2D eigenvalue weighted by Crippen LogP contribution is -2.26. The first kappa shape index (κ1) is 14.8. The maximum Gasteiger partial charge on any atom is 0.117 e. The van der Waals surface area contributed by atoms with Crippen LogP contribution >= 0.6 is 11.8 Å². The Hall–Kier alpha value is -1.13. The summed E-state index contributed by atoms with van der Waals surface area (Å²) < 4.78 is 0. The topological polar surface area (TPSA) is 37.8 Å². The predicted molar refractivity (Wildman–Crippen MR) is 89.7 cm³/mol. The molecule has 3 rings (SSSR count). The van der Waals surface area contributed by atoms with Crippen LogP contribution in [0.1, 0.15) is 32.1 Å². The van der Waals surface area contributed by atoms with Crippen molar-refractivity contribution in [3.63, 3.8) is 0 Å². The molecule has 0 spiro atoms. The van der Waals surface area contributed by atoms with E-state index in [0.29, 0.717) is 0 Å². The van der Waals surface area contributed by atoms with E-state index in [9.17, 15) is 0 Å². The first-order valence-electron chi connectivity index (χ1n) is 7.97. The summed E-state index contributed by atoms with van der Waals surface area (Å²) in [6.07, 6.45) is 8.78. The number of fused-ring (bicyclic) bond motifs is 1. The number of benzene rings is 1. The lowest BCUT2D eigenvalue weighted by atomic mass is 9.89. The van der Waals surface area contributed by atoms with E-state index in [1.165, 1.54) is 38.6 Å². The van der Waals surface area contributed by atoms with Crippen LogP contribution in [0.15, 0.2) is 35.6 Å². The average molecular weight is 301 g/mol. The van der Waals surface area contributed by atoms with Crippen molar-refractivity contribution in [2.24, 2.45) is 5.92 Å². The molecule has 0 saturated heterocycles. The van der Waals surface area contributed by atoms with Crippen LogP contribution in [0.2, 0.25) is 0 Å². The molecule has 1 aliphatic carbocycles. The minimum absolute atomic E-state index is 0.906. The molecule has 1 N–H and O–H groups in total. The third-order valence-corrected chi connectivity index (χ3v) is 5.19. The standard InChI is InChI=1S/C17H23N3S/c1-2-6-14(7-3-1)12-18-10-11-21-17-15-8-4-5-9-16(15)19-13-20-17/h4-5,8-9,13-14,18H,1-3,6-7,10-12H2. The van der Waals surface area contributed by atoms with E-state index >= 15 is 0 Å². The third-order valence-electron chi connectivity index (χ3n) is 4.18. The van der Waals surface area contributed by atoms with E-state index in [4.69, 9.17) is 0 Å². The molecule has 0 amide bonds. The van der Waals surface area contributed by atoms with Crippen molar-refractivity contribution in [2.45, 2.75) is 37.1 Å². The van der Waals surface area contributed by atoms with E-state index in [1.54, 1.807) is 6.33 Å². The summed E-state index contributed by atoms with van der Waals surface area (Å²) in [4.78, 5) is 8.73. The molecular formula is C17H23N3S. The highest BCUT2D eigenvalue weighted by Gasteiger charge is 2.12. The number of para-hydroxylation sites is 1. The Morgan fingerprint density at radius 2 is 1.95 bits per heavy atom. The summed E-state index contributed by atoms with van der Waals surface area (Å²) in [5, 5.41) is 5.87. The van der Waals surface area contributed by atoms with Gasteiger partial charge in [0.1, 0.15) is 11.4 Å². The number of thioether (sulfide) groups is 1. The molecule has 4 heteroatoms. The van der Waals surface area contributed by atoms with Crippen LogP contribution in [0.3, 0.4) is 0 Å². The largest absolute Gasteiger partial charge is 0.316 e. The Morgan fingerprint density at radius 3 is 2.86 bits per heavy atom. The van der Waals surface area contributed by atoms with Crippen molar-refractivity contribution < 1.29 is 0 Å². The second-order valence-corrected chi connectivity index (χ2v) is 6.84. The zero-order valence-corrected chi connectivity index (χ0v) is 13.2. The van der Waals surface area contributed by atoms with Crippen LogP contribution in [0.5, 0.6) is 0 Å². The molecule has 1 fully saturated rings. The van der Waals surface area contributed by atoms with Crippen LogP contribution in [-0.4, -0.2) is 28.8 Å². The molecule has 0 bridgehead atoms. The Balaban J connectivity index is 1.44. The van der Waals surface area contributed by atoms with E-state index in [0.717, 1.165) is 34.1 Å². The second-order valence-electron chi connectivity index (χ2n) is 5.75. The average Bonchev–Trinajstić information content (AvgIpc) is 2.56. The van der Waals surface area contributed by atoms with Gasteiger partial charge in [-0.3, -0.25) is 0 Å². The quantitative estimate of drug-likeness (QED) is 0.499. The van der Waals surface area contributed by atoms with Gasteiger partial charge < -0.3 is 5.32 Å². The fraction of sp³-hybridized carbons (Fsp3) is 0.529. The molecule has 3 nitrogen and oxygen atoms in total. The van der Waals surface area contributed by atoms with Crippen molar-refractivity contribution in [1.82, 2.24) is 15.3 Å². The van der Waals surface area contributed by atoms with Crippen LogP contribution < -0.4 is 5.32 Å². The molecular weight excluding hydrogens is 278 g/mol. The number of rotatable bonds is 6. The van der Waals surface area contributed by atoms with E-state index < -0.39 is 0 Å². The second kappa shape index (κ2) is 7.76. The van der Waals surface area contributed by atoms with Gasteiger partial charge in [-0.05, 0) is 31.4 Å². The smallest absolute Gasteiger partial charge is 0.117 e. The Labute approximate surface area is 131 Å². The Kier molecular flexibility index (Phi) is 5.46. The van der Waals surface area contributed by atoms with Crippen molar-refractivity contribution in [3.8, 4) is 0 Å². The predicted octanol–water partition coefficient (Wildman–Crippen LogP) is 3.89. The lowest BCUT2D eigenvalue weighted by molar-refractivity contribution is 0.345. The van der Waals surface area contributed by atoms with Crippen LogP contribution in [0.25, 0.3) is 10.9 Å². The summed E-state index contributed by atoms with van der Waals surface area (Å²) >= 11 is 1.82. The van der Waals surface area contributed by atoms with Crippen LogP contribution in [-0.2, 0) is 0 Å². The fourth-order valence-corrected chi connectivity index (χ4v) is 3.90. The lowest BCUT2D eigenvalue weighted by Gasteiger charge is -2.21. The van der Waals surface area contributed by atoms with E-state index in [2.05, 4.69) is 27.4 Å². The molecule has 1 saturated carbocycles. The van der Waals surface area contributed by atoms with Gasteiger partial charge in [0, 0.05) is 17.7 Å². The Bertz CT molecular complexity index is 561. The molecule has 1 aliphatic rings. The molecule has 21 heavy (non-hydrogen) atoms. The van der Waals surface area contributed by atoms with Gasteiger partial charge >= 0.3 is 0 Å². The van der Waals surface area contributed by atoms with E-state index in [-0.39, 0.29) is 0 Å². The summed E-state index contributed by atoms with van der Waals surface area (Å²) in [6, 6.07) is 8.22. The van der Waals surface area contributed by atoms with Crippen molar-refractivity contribution >= 4 is 22.7 Å². The van der Waals surface area contributed by atoms with Gasteiger partial charge in [-0.15, -0.1) is 11.8 Å². The van der Waals surface area contributed by atoms with Crippen molar-refractivity contribution in [1.29, 1.82) is 0 Å². The van der Waals surface area contributed by atoms with Gasteiger partial charge in [0.15, 0.2) is 0 Å². The summed E-state index contributed by atoms with van der Waals surface area (Å²) in [5.74, 6) is 1.97. The molecule has 2 aromatic rings. The zero-order chi connectivity index (χ0) is 14.3. The number of hydrogen-bond donors (Lipinski definition) is 1. The van der Waals surface area contributed by atoms with E-state index in [1.807, 2.05) is 23.9 Å². The molecule has 1 aromatic carbocycles. The van der Waals surface area contributed by atoms with Gasteiger partial charge in [0.25, 0.3) is 0 Å². The van der Waals surface area contributed by atoms with Gasteiger partial charge in [0.2, 0.25) is 0 Å². The van der Waals surface area contributed by atoms with Crippen LogP contribution in [0, 0.1) is 5.92 Å². The maximum absolute atomic E-state index is 4.42. The minimum atomic E-state index is 0.906. The summed E-state index contributed by atoms with van der Waals surface area (Å²) in [5.41, 5.74) is 1.03. The molecule has 1 aromatic heterocycles. The van der Waals surface area contributed by atoms with Gasteiger partial charge in [-0.25, -0.2) is 9.97 Å². The first-order chi connectivity index (χ1) is 10.4. The zero-order valence-electron chi connectivity index (χ0n) is 12.4. The third kappa shape index (κ3) is 4.17. The number of nitrogens with one attached hydrogen (secondary N) is 1. The highest BCUT2D eigenvalue weighted by Crippen LogP contribution is 2.24. The van der Waals surface area contributed by atoms with Gasteiger partial charge in [0.05, 0.1) is 5.52 Å². The molecule has 0 unspecified atom stereocenters. The summed E-state index contributed by atoms with van der Waals surface area (Å²) in [7, 11) is 0. The monoisotopic (exact) mass is 301 g/mol. The molecule has 0 atom stereocenters. The van der Waals surface area contributed by atoms with Crippen molar-refractivity contribution in [3.05, 3.63) is 30.6 Å². The van der Waals surface area contributed by atoms with Gasteiger partial charge in [-0.1, -0.05) is 37.5 Å². The normalized spacial score (nSPS) is 16.4. The van der Waals surface area contributed by atoms with Gasteiger partial charge in [-0.2, -0.15) is 0 Å². The highest BCUT2D eigenvalue weighted by molar-refractivity contribution is 7.99. The maximum atomic E-state index is 4.42. The minimum Gasteiger partial charge on any atom is -0.316 e. The highest BCUT2D eigenvalue weighted by atomic mass is 32.2. The fourth-order valence-electron chi connectivity index (χ4n) is 3.01. The Morgan fingerprint density at radius 1 is 1.10 bits per heavy atom. The number of aromatic nitrogens is 2. The number of nitrogens with zero attached hydrogens (tertiary/aromatic N) is 2. The van der Waals surface area contributed by atoms with Crippen molar-refractivity contribution in [2.75, 3.05) is 18.8 Å². The number of hydrogen-bond acceptors (Lipinski definition) is 4. The SMILES string of the molecule is c1ccc2c(SCCNCC3CCCCC3)ncnc2c1.